The smallest absolute Gasteiger partial charge is 0.343 e. The van der Waals surface area contributed by atoms with Crippen LogP contribution in [0, 0.1) is 27.7 Å². The van der Waals surface area contributed by atoms with Gasteiger partial charge in [0.15, 0.2) is 0 Å². The number of carbonyl (C=O) groups is 1. The average molecular weight is 414 g/mol. The number of benzene rings is 2. The number of cyclic esters (lactones) is 1. The molecular formula is C27H27NO3. The van der Waals surface area contributed by atoms with Crippen molar-refractivity contribution in [3.63, 3.8) is 0 Å². The number of aryl methyl sites for hydroxylation is 3. The highest BCUT2D eigenvalue weighted by Gasteiger charge is 2.23. The van der Waals surface area contributed by atoms with E-state index in [0.717, 1.165) is 34.0 Å². The Bertz CT molecular complexity index is 1210. The van der Waals surface area contributed by atoms with E-state index < -0.39 is 0 Å². The van der Waals surface area contributed by atoms with Gasteiger partial charge in [-0.3, -0.25) is 0 Å². The highest BCUT2D eigenvalue weighted by atomic mass is 16.5. The van der Waals surface area contributed by atoms with Crippen LogP contribution in [0.4, 0.5) is 0 Å². The highest BCUT2D eigenvalue weighted by Crippen LogP contribution is 2.30. The molecule has 2 aromatic carbocycles. The van der Waals surface area contributed by atoms with Crippen molar-refractivity contribution in [1.82, 2.24) is 4.57 Å². The highest BCUT2D eigenvalue weighted by molar-refractivity contribution is 6.05. The number of esters is 1. The van der Waals surface area contributed by atoms with E-state index in [0.29, 0.717) is 17.9 Å². The number of hydrogen-bond donors (Lipinski definition) is 0. The van der Waals surface area contributed by atoms with Crippen LogP contribution in [-0.2, 0) is 9.53 Å². The molecule has 31 heavy (non-hydrogen) atoms. The van der Waals surface area contributed by atoms with Crippen molar-refractivity contribution in [3.8, 4) is 11.4 Å². The summed E-state index contributed by atoms with van der Waals surface area (Å²) >= 11 is 0. The van der Waals surface area contributed by atoms with E-state index in [-0.39, 0.29) is 5.97 Å². The van der Waals surface area contributed by atoms with Crippen molar-refractivity contribution >= 4 is 17.8 Å². The molecule has 2 heterocycles. The van der Waals surface area contributed by atoms with Gasteiger partial charge in [-0.25, -0.2) is 4.79 Å². The van der Waals surface area contributed by atoms with Gasteiger partial charge in [-0.1, -0.05) is 6.07 Å². The number of ether oxygens (including phenoxy) is 2. The van der Waals surface area contributed by atoms with Gasteiger partial charge >= 0.3 is 5.97 Å². The van der Waals surface area contributed by atoms with Crippen LogP contribution < -0.4 is 4.74 Å². The molecule has 3 aromatic rings. The largest absolute Gasteiger partial charge is 0.494 e. The minimum absolute atomic E-state index is 0.333. The minimum Gasteiger partial charge on any atom is -0.494 e. The molecule has 0 bridgehead atoms. The molecule has 0 amide bonds. The van der Waals surface area contributed by atoms with Gasteiger partial charge in [0.25, 0.3) is 0 Å². The maximum absolute atomic E-state index is 12.5. The van der Waals surface area contributed by atoms with E-state index in [1.807, 2.05) is 37.3 Å². The second kappa shape index (κ2) is 8.31. The van der Waals surface area contributed by atoms with E-state index in [2.05, 4.69) is 56.5 Å². The standard InChI is InChI=1S/C27H27NO3/c1-6-30-25-11-8-21(9-12-25)26-16-23(27(29)31-26)15-22-14-19(4)28(20(22)5)24-10-7-17(2)18(3)13-24/h7-16H,6H2,1-5H3/b23-15-. The summed E-state index contributed by atoms with van der Waals surface area (Å²) in [5.41, 5.74) is 8.26. The average Bonchev–Trinajstić information content (AvgIpc) is 3.24. The molecular weight excluding hydrogens is 386 g/mol. The van der Waals surface area contributed by atoms with Crippen LogP contribution in [-0.4, -0.2) is 17.1 Å². The van der Waals surface area contributed by atoms with Crippen LogP contribution in [0.2, 0.25) is 0 Å². The SMILES string of the molecule is CCOc1ccc(C2=C/C(=C/c3cc(C)n(-c4ccc(C)c(C)c4)c3C)C(=O)O2)cc1. The lowest BCUT2D eigenvalue weighted by Crippen LogP contribution is -2.00. The molecule has 0 aliphatic carbocycles. The second-order valence-corrected chi connectivity index (χ2v) is 7.89. The Kier molecular flexibility index (Phi) is 5.55. The maximum Gasteiger partial charge on any atom is 0.343 e. The molecule has 0 N–H and O–H groups in total. The molecule has 1 aliphatic heterocycles. The second-order valence-electron chi connectivity index (χ2n) is 7.89. The lowest BCUT2D eigenvalue weighted by Gasteiger charge is -2.11. The molecule has 158 valence electrons. The van der Waals surface area contributed by atoms with E-state index >= 15 is 0 Å². The first kappa shape index (κ1) is 20.7. The fourth-order valence-electron chi connectivity index (χ4n) is 3.88. The monoisotopic (exact) mass is 413 g/mol. The molecule has 0 spiro atoms. The van der Waals surface area contributed by atoms with Crippen LogP contribution in [0.15, 0.2) is 60.2 Å². The molecule has 0 atom stereocenters. The Morgan fingerprint density at radius 3 is 2.39 bits per heavy atom. The number of hydrogen-bond acceptors (Lipinski definition) is 3. The Labute approximate surface area is 183 Å². The lowest BCUT2D eigenvalue weighted by molar-refractivity contribution is -0.130. The summed E-state index contributed by atoms with van der Waals surface area (Å²) < 4.78 is 13.2. The van der Waals surface area contributed by atoms with Crippen molar-refractivity contribution in [2.24, 2.45) is 0 Å². The quantitative estimate of drug-likeness (QED) is 0.375. The van der Waals surface area contributed by atoms with Gasteiger partial charge < -0.3 is 14.0 Å². The summed E-state index contributed by atoms with van der Waals surface area (Å²) in [6.07, 6.45) is 3.71. The summed E-state index contributed by atoms with van der Waals surface area (Å²) in [5.74, 6) is 1.02. The van der Waals surface area contributed by atoms with Crippen LogP contribution in [0.3, 0.4) is 0 Å². The summed E-state index contributed by atoms with van der Waals surface area (Å²) in [6.45, 7) is 11.0. The molecule has 4 nitrogen and oxygen atoms in total. The van der Waals surface area contributed by atoms with Crippen LogP contribution in [0.1, 0.15) is 40.6 Å². The van der Waals surface area contributed by atoms with Gasteiger partial charge in [0.1, 0.15) is 11.5 Å². The molecule has 0 saturated carbocycles. The van der Waals surface area contributed by atoms with Crippen molar-refractivity contribution in [1.29, 1.82) is 0 Å². The zero-order chi connectivity index (χ0) is 22.1. The topological polar surface area (TPSA) is 40.5 Å². The van der Waals surface area contributed by atoms with Gasteiger partial charge in [0.2, 0.25) is 0 Å². The van der Waals surface area contributed by atoms with E-state index in [9.17, 15) is 4.79 Å². The first-order valence-corrected chi connectivity index (χ1v) is 10.5. The number of carbonyl (C=O) groups excluding carboxylic acids is 1. The normalized spacial score (nSPS) is 14.7. The third kappa shape index (κ3) is 4.06. The third-order valence-corrected chi connectivity index (χ3v) is 5.70. The van der Waals surface area contributed by atoms with E-state index in [4.69, 9.17) is 9.47 Å². The molecule has 4 heteroatoms. The first-order valence-electron chi connectivity index (χ1n) is 10.5. The van der Waals surface area contributed by atoms with Crippen molar-refractivity contribution in [2.45, 2.75) is 34.6 Å². The zero-order valence-electron chi connectivity index (χ0n) is 18.7. The molecule has 0 radical (unpaired) electrons. The van der Waals surface area contributed by atoms with E-state index in [1.54, 1.807) is 6.08 Å². The van der Waals surface area contributed by atoms with Crippen LogP contribution in [0.25, 0.3) is 17.5 Å². The maximum atomic E-state index is 12.5. The fourth-order valence-corrected chi connectivity index (χ4v) is 3.88. The molecule has 4 rings (SSSR count). The Balaban J connectivity index is 1.67. The van der Waals surface area contributed by atoms with Gasteiger partial charge in [-0.05, 0) is 106 Å². The predicted octanol–water partition coefficient (Wildman–Crippen LogP) is 6.09. The Morgan fingerprint density at radius 1 is 0.968 bits per heavy atom. The van der Waals surface area contributed by atoms with Crippen LogP contribution in [0.5, 0.6) is 5.75 Å². The Morgan fingerprint density at radius 2 is 1.71 bits per heavy atom. The van der Waals surface area contributed by atoms with Crippen molar-refractivity contribution < 1.29 is 14.3 Å². The fraction of sp³-hybridized carbons (Fsp3) is 0.222. The van der Waals surface area contributed by atoms with Gasteiger partial charge in [-0.2, -0.15) is 0 Å². The molecule has 0 unspecified atom stereocenters. The Hall–Kier alpha value is -3.53. The summed E-state index contributed by atoms with van der Waals surface area (Å²) in [5, 5.41) is 0. The molecule has 1 aliphatic rings. The zero-order valence-corrected chi connectivity index (χ0v) is 18.7. The molecule has 0 saturated heterocycles. The summed E-state index contributed by atoms with van der Waals surface area (Å²) in [4.78, 5) is 12.5. The first-order chi connectivity index (χ1) is 14.9. The number of aromatic nitrogens is 1. The van der Waals surface area contributed by atoms with Gasteiger partial charge in [-0.15, -0.1) is 0 Å². The van der Waals surface area contributed by atoms with Gasteiger partial charge in [0, 0.05) is 22.6 Å². The number of rotatable bonds is 5. The third-order valence-electron chi connectivity index (χ3n) is 5.70. The molecule has 0 fully saturated rings. The van der Waals surface area contributed by atoms with Crippen molar-refractivity contribution in [3.05, 3.63) is 93.8 Å². The number of nitrogens with zero attached hydrogens (tertiary/aromatic N) is 1. The summed E-state index contributed by atoms with van der Waals surface area (Å²) in [6, 6.07) is 16.1. The summed E-state index contributed by atoms with van der Waals surface area (Å²) in [7, 11) is 0. The van der Waals surface area contributed by atoms with Crippen LogP contribution >= 0.6 is 0 Å². The lowest BCUT2D eigenvalue weighted by atomic mass is 10.1. The van der Waals surface area contributed by atoms with Crippen molar-refractivity contribution in [2.75, 3.05) is 6.61 Å². The van der Waals surface area contributed by atoms with Gasteiger partial charge in [0.05, 0.1) is 12.2 Å². The molecule has 1 aromatic heterocycles. The van der Waals surface area contributed by atoms with E-state index in [1.165, 1.54) is 11.1 Å². The predicted molar refractivity (Wildman–Crippen MR) is 124 cm³/mol. The minimum atomic E-state index is -0.333.